The average molecular weight is 209 g/mol. The molecule has 1 heterocycles. The third-order valence-corrected chi connectivity index (χ3v) is 2.59. The van der Waals surface area contributed by atoms with Gasteiger partial charge in [0.25, 0.3) is 0 Å². The highest BCUT2D eigenvalue weighted by Gasteiger charge is 2.34. The van der Waals surface area contributed by atoms with E-state index in [2.05, 4.69) is 10.9 Å². The molecule has 0 amide bonds. The minimum Gasteiger partial charge on any atom is -0.314 e. The van der Waals surface area contributed by atoms with E-state index in [0.717, 1.165) is 11.8 Å². The average Bonchev–Trinajstić information content (AvgIpc) is 2.61. The minimum atomic E-state index is -0.405. The Kier molecular flexibility index (Phi) is 2.77. The van der Waals surface area contributed by atoms with Crippen molar-refractivity contribution in [2.24, 2.45) is 11.7 Å². The van der Waals surface area contributed by atoms with Gasteiger partial charge >= 0.3 is 0 Å². The standard InChI is InChI=1S/C10H12FN3O/c11-7-3-1-6(2-4-7)9-8(5-15)10(12)14-13-9/h1-5,8-10,13-14H,12H2. The molecule has 1 saturated heterocycles. The molecule has 0 aromatic heterocycles. The molecule has 0 bridgehead atoms. The van der Waals surface area contributed by atoms with E-state index in [-0.39, 0.29) is 17.8 Å². The number of benzene rings is 1. The van der Waals surface area contributed by atoms with Crippen LogP contribution in [0.3, 0.4) is 0 Å². The van der Waals surface area contributed by atoms with Gasteiger partial charge in [0.05, 0.1) is 18.1 Å². The molecule has 15 heavy (non-hydrogen) atoms. The van der Waals surface area contributed by atoms with Crippen molar-refractivity contribution in [2.75, 3.05) is 0 Å². The highest BCUT2D eigenvalue weighted by Crippen LogP contribution is 2.25. The molecule has 1 aliphatic heterocycles. The summed E-state index contributed by atoms with van der Waals surface area (Å²) in [6, 6.07) is 5.82. The summed E-state index contributed by atoms with van der Waals surface area (Å²) in [5, 5.41) is 0. The molecule has 0 saturated carbocycles. The smallest absolute Gasteiger partial charge is 0.127 e. The fourth-order valence-corrected chi connectivity index (χ4v) is 1.72. The molecule has 1 aliphatic rings. The van der Waals surface area contributed by atoms with Crippen LogP contribution in [0.15, 0.2) is 24.3 Å². The molecule has 4 N–H and O–H groups in total. The molecule has 0 radical (unpaired) electrons. The van der Waals surface area contributed by atoms with E-state index in [1.165, 1.54) is 12.1 Å². The van der Waals surface area contributed by atoms with Crippen LogP contribution in [-0.4, -0.2) is 12.5 Å². The fraction of sp³-hybridized carbons (Fsp3) is 0.300. The number of carbonyl (C=O) groups excluding carboxylic acids is 1. The molecule has 0 aliphatic carbocycles. The molecule has 3 unspecified atom stereocenters. The van der Waals surface area contributed by atoms with Crippen molar-refractivity contribution < 1.29 is 9.18 Å². The Bertz CT molecular complexity index is 354. The maximum absolute atomic E-state index is 12.7. The molecule has 80 valence electrons. The van der Waals surface area contributed by atoms with Gasteiger partial charge in [0.15, 0.2) is 0 Å². The van der Waals surface area contributed by atoms with E-state index < -0.39 is 6.17 Å². The summed E-state index contributed by atoms with van der Waals surface area (Å²) in [5.41, 5.74) is 12.2. The van der Waals surface area contributed by atoms with Crippen LogP contribution in [-0.2, 0) is 4.79 Å². The van der Waals surface area contributed by atoms with Gasteiger partial charge in [0.1, 0.15) is 12.1 Å². The van der Waals surface area contributed by atoms with Crippen LogP contribution in [0.5, 0.6) is 0 Å². The molecule has 2 rings (SSSR count). The Balaban J connectivity index is 2.23. The van der Waals surface area contributed by atoms with Gasteiger partial charge in [-0.3, -0.25) is 0 Å². The van der Waals surface area contributed by atoms with Crippen LogP contribution in [0.4, 0.5) is 4.39 Å². The van der Waals surface area contributed by atoms with Gasteiger partial charge < -0.3 is 10.5 Å². The maximum Gasteiger partial charge on any atom is 0.127 e. The van der Waals surface area contributed by atoms with Crippen molar-refractivity contribution >= 4 is 6.29 Å². The number of rotatable bonds is 2. The zero-order chi connectivity index (χ0) is 10.8. The van der Waals surface area contributed by atoms with Crippen LogP contribution < -0.4 is 16.6 Å². The molecule has 3 atom stereocenters. The summed E-state index contributed by atoms with van der Waals surface area (Å²) >= 11 is 0. The van der Waals surface area contributed by atoms with E-state index in [1.807, 2.05) is 0 Å². The van der Waals surface area contributed by atoms with Crippen molar-refractivity contribution in [2.45, 2.75) is 12.2 Å². The Hall–Kier alpha value is -1.30. The van der Waals surface area contributed by atoms with Crippen molar-refractivity contribution in [1.82, 2.24) is 10.9 Å². The maximum atomic E-state index is 12.7. The quantitative estimate of drug-likeness (QED) is 0.603. The lowest BCUT2D eigenvalue weighted by Gasteiger charge is -2.14. The first kappa shape index (κ1) is 10.2. The van der Waals surface area contributed by atoms with Gasteiger partial charge in [0, 0.05) is 0 Å². The molecule has 5 heteroatoms. The number of hydrogen-bond donors (Lipinski definition) is 3. The van der Waals surface area contributed by atoms with Crippen LogP contribution in [0, 0.1) is 11.7 Å². The summed E-state index contributed by atoms with van der Waals surface area (Å²) in [6.45, 7) is 0. The topological polar surface area (TPSA) is 67.2 Å². The van der Waals surface area contributed by atoms with Gasteiger partial charge in [0.2, 0.25) is 0 Å². The van der Waals surface area contributed by atoms with Crippen molar-refractivity contribution in [3.63, 3.8) is 0 Å². The predicted octanol–water partition coefficient (Wildman–Crippen LogP) is 0.0745. The third-order valence-electron chi connectivity index (χ3n) is 2.59. The number of halogens is 1. The summed E-state index contributed by atoms with van der Waals surface area (Å²) in [6.07, 6.45) is 0.406. The van der Waals surface area contributed by atoms with Gasteiger partial charge in [-0.25, -0.2) is 15.2 Å². The third kappa shape index (κ3) is 1.90. The van der Waals surface area contributed by atoms with Gasteiger partial charge in [-0.2, -0.15) is 0 Å². The Morgan fingerprint density at radius 3 is 2.53 bits per heavy atom. The summed E-state index contributed by atoms with van der Waals surface area (Å²) in [4.78, 5) is 10.8. The first-order chi connectivity index (χ1) is 7.22. The summed E-state index contributed by atoms with van der Waals surface area (Å²) in [7, 11) is 0. The second-order valence-corrected chi connectivity index (χ2v) is 3.56. The summed E-state index contributed by atoms with van der Waals surface area (Å²) < 4.78 is 12.7. The lowest BCUT2D eigenvalue weighted by Crippen LogP contribution is -2.39. The molecule has 1 aromatic carbocycles. The Labute approximate surface area is 86.6 Å². The number of aldehydes is 1. The highest BCUT2D eigenvalue weighted by molar-refractivity contribution is 5.57. The van der Waals surface area contributed by atoms with E-state index in [4.69, 9.17) is 5.73 Å². The van der Waals surface area contributed by atoms with E-state index in [0.29, 0.717) is 0 Å². The van der Waals surface area contributed by atoms with Crippen LogP contribution in [0.2, 0.25) is 0 Å². The molecule has 1 aromatic rings. The zero-order valence-corrected chi connectivity index (χ0v) is 7.98. The van der Waals surface area contributed by atoms with Crippen LogP contribution in [0.25, 0.3) is 0 Å². The van der Waals surface area contributed by atoms with Gasteiger partial charge in [-0.05, 0) is 17.7 Å². The Morgan fingerprint density at radius 2 is 1.93 bits per heavy atom. The molecular weight excluding hydrogens is 197 g/mol. The first-order valence-electron chi connectivity index (χ1n) is 4.70. The number of hydrogen-bond acceptors (Lipinski definition) is 4. The predicted molar refractivity (Wildman–Crippen MR) is 52.9 cm³/mol. The number of nitrogens with two attached hydrogens (primary N) is 1. The van der Waals surface area contributed by atoms with Crippen molar-refractivity contribution in [1.29, 1.82) is 0 Å². The van der Waals surface area contributed by atoms with E-state index in [9.17, 15) is 9.18 Å². The monoisotopic (exact) mass is 209 g/mol. The second kappa shape index (κ2) is 4.06. The second-order valence-electron chi connectivity index (χ2n) is 3.56. The normalized spacial score (nSPS) is 30.4. The lowest BCUT2D eigenvalue weighted by atomic mass is 9.94. The molecular formula is C10H12FN3O. The van der Waals surface area contributed by atoms with Gasteiger partial charge in [-0.1, -0.05) is 12.1 Å². The molecule has 4 nitrogen and oxygen atoms in total. The fourth-order valence-electron chi connectivity index (χ4n) is 1.72. The van der Waals surface area contributed by atoms with E-state index in [1.54, 1.807) is 12.1 Å². The number of carbonyl (C=O) groups is 1. The number of nitrogens with one attached hydrogen (secondary N) is 2. The lowest BCUT2D eigenvalue weighted by molar-refractivity contribution is -0.111. The van der Waals surface area contributed by atoms with E-state index >= 15 is 0 Å². The molecule has 0 spiro atoms. The summed E-state index contributed by atoms with van der Waals surface area (Å²) in [5.74, 6) is -0.632. The Morgan fingerprint density at radius 1 is 1.27 bits per heavy atom. The van der Waals surface area contributed by atoms with Crippen molar-refractivity contribution in [3.8, 4) is 0 Å². The van der Waals surface area contributed by atoms with Crippen LogP contribution >= 0.6 is 0 Å². The van der Waals surface area contributed by atoms with Gasteiger partial charge in [-0.15, -0.1) is 0 Å². The SMILES string of the molecule is NC1NNC(c2ccc(F)cc2)C1C=O. The highest BCUT2D eigenvalue weighted by atomic mass is 19.1. The number of hydrazine groups is 1. The zero-order valence-electron chi connectivity index (χ0n) is 7.98. The largest absolute Gasteiger partial charge is 0.314 e. The molecule has 1 fully saturated rings. The first-order valence-corrected chi connectivity index (χ1v) is 4.70. The minimum absolute atomic E-state index is 0.196. The van der Waals surface area contributed by atoms with Crippen molar-refractivity contribution in [3.05, 3.63) is 35.6 Å². The van der Waals surface area contributed by atoms with Crippen LogP contribution in [0.1, 0.15) is 11.6 Å².